The van der Waals surface area contributed by atoms with Crippen LogP contribution >= 0.6 is 15.9 Å². The summed E-state index contributed by atoms with van der Waals surface area (Å²) in [7, 11) is -3.77. The summed E-state index contributed by atoms with van der Waals surface area (Å²) in [6, 6.07) is 4.12. The van der Waals surface area contributed by atoms with Gasteiger partial charge in [-0.3, -0.25) is 4.79 Å². The van der Waals surface area contributed by atoms with Gasteiger partial charge in [-0.15, -0.1) is 0 Å². The Hall–Kier alpha value is -0.960. The van der Waals surface area contributed by atoms with Crippen LogP contribution in [-0.2, 0) is 14.8 Å². The predicted molar refractivity (Wildman–Crippen MR) is 77.0 cm³/mol. The summed E-state index contributed by atoms with van der Waals surface area (Å²) in [4.78, 5) is 11.9. The molecule has 8 heteroatoms. The lowest BCUT2D eigenvalue weighted by molar-refractivity contribution is -0.123. The Kier molecular flexibility index (Phi) is 4.72. The first-order valence-corrected chi connectivity index (χ1v) is 7.76. The Morgan fingerprint density at radius 1 is 1.42 bits per heavy atom. The van der Waals surface area contributed by atoms with Crippen molar-refractivity contribution in [3.05, 3.63) is 22.7 Å². The number of hydrogen-bond acceptors (Lipinski definition) is 4. The number of carbonyl (C=O) groups is 1. The molecule has 0 bridgehead atoms. The first-order chi connectivity index (χ1) is 8.58. The third-order valence-electron chi connectivity index (χ3n) is 2.64. The molecule has 5 N–H and O–H groups in total. The second-order valence-corrected chi connectivity index (χ2v) is 7.14. The number of sulfonamides is 1. The maximum atomic E-state index is 11.9. The third kappa shape index (κ3) is 4.00. The van der Waals surface area contributed by atoms with E-state index in [2.05, 4.69) is 21.2 Å². The lowest BCUT2D eigenvalue weighted by Gasteiger charge is -2.21. The highest BCUT2D eigenvalue weighted by atomic mass is 79.9. The molecule has 1 aromatic carbocycles. The normalized spacial score (nSPS) is 12.3. The molecule has 0 unspecified atom stereocenters. The Bertz CT molecular complexity index is 599. The highest BCUT2D eigenvalue weighted by Gasteiger charge is 2.26. The molecule has 0 atom stereocenters. The number of amides is 1. The minimum atomic E-state index is -3.77. The maximum Gasteiger partial charge on any atom is 0.238 e. The van der Waals surface area contributed by atoms with Crippen LogP contribution in [0.4, 0.5) is 5.69 Å². The fraction of sp³-hybridized carbons (Fsp3) is 0.364. The minimum Gasteiger partial charge on any atom is -0.329 e. The van der Waals surface area contributed by atoms with Crippen LogP contribution in [0.1, 0.15) is 13.8 Å². The second-order valence-electron chi connectivity index (χ2n) is 4.73. The van der Waals surface area contributed by atoms with Crippen LogP contribution in [0.3, 0.4) is 0 Å². The number of primary sulfonamides is 1. The first-order valence-electron chi connectivity index (χ1n) is 5.42. The van der Waals surface area contributed by atoms with Gasteiger partial charge >= 0.3 is 0 Å². The molecule has 0 radical (unpaired) electrons. The molecule has 0 spiro atoms. The Morgan fingerprint density at radius 2 is 2.00 bits per heavy atom. The molecule has 0 heterocycles. The van der Waals surface area contributed by atoms with E-state index in [1.807, 2.05) is 0 Å². The molecule has 0 saturated heterocycles. The molecule has 0 fully saturated rings. The van der Waals surface area contributed by atoms with Gasteiger partial charge in [0.15, 0.2) is 0 Å². The zero-order valence-electron chi connectivity index (χ0n) is 10.6. The number of halogens is 1. The average molecular weight is 350 g/mol. The van der Waals surface area contributed by atoms with Crippen LogP contribution in [0.15, 0.2) is 27.6 Å². The number of carbonyl (C=O) groups excluding carboxylic acids is 1. The van der Waals surface area contributed by atoms with Gasteiger partial charge in [-0.25, -0.2) is 13.6 Å². The van der Waals surface area contributed by atoms with E-state index in [0.29, 0.717) is 10.2 Å². The monoisotopic (exact) mass is 349 g/mol. The molecule has 0 aliphatic heterocycles. The molecule has 0 saturated carbocycles. The van der Waals surface area contributed by atoms with Gasteiger partial charge in [0.25, 0.3) is 0 Å². The number of rotatable bonds is 4. The van der Waals surface area contributed by atoms with Crippen LogP contribution in [-0.4, -0.2) is 20.9 Å². The zero-order valence-corrected chi connectivity index (χ0v) is 13.0. The molecule has 19 heavy (non-hydrogen) atoms. The summed E-state index contributed by atoms with van der Waals surface area (Å²) in [6.45, 7) is 3.63. The van der Waals surface area contributed by atoms with Gasteiger partial charge in [-0.1, -0.05) is 0 Å². The number of benzene rings is 1. The van der Waals surface area contributed by atoms with E-state index < -0.39 is 15.4 Å². The van der Waals surface area contributed by atoms with Crippen molar-refractivity contribution in [1.82, 2.24) is 0 Å². The highest BCUT2D eigenvalue weighted by Crippen LogP contribution is 2.27. The molecule has 106 valence electrons. The Labute approximate surface area is 120 Å². The molecule has 0 aromatic heterocycles. The maximum absolute atomic E-state index is 11.9. The Balaban J connectivity index is 3.03. The fourth-order valence-corrected chi connectivity index (χ4v) is 2.33. The van der Waals surface area contributed by atoms with Crippen LogP contribution in [0.5, 0.6) is 0 Å². The van der Waals surface area contributed by atoms with E-state index in [0.717, 1.165) is 0 Å². The molecular formula is C11H16BrN3O3S. The van der Waals surface area contributed by atoms with Crippen molar-refractivity contribution in [2.75, 3.05) is 11.9 Å². The predicted octanol–water partition coefficient (Wildman–Crippen LogP) is 1.02. The average Bonchev–Trinajstić information content (AvgIpc) is 2.30. The van der Waals surface area contributed by atoms with Crippen molar-refractivity contribution in [3.8, 4) is 0 Å². The standard InChI is InChI=1S/C11H16BrN3O3S/c1-11(2,6-13)10(16)15-9-4-3-7(5-8(9)12)19(14,17)18/h3-5H,6,13H2,1-2H3,(H,15,16)(H2,14,17,18). The smallest absolute Gasteiger partial charge is 0.238 e. The zero-order chi connectivity index (χ0) is 14.8. The molecular weight excluding hydrogens is 334 g/mol. The summed E-state index contributed by atoms with van der Waals surface area (Å²) in [5.74, 6) is -0.251. The van der Waals surface area contributed by atoms with Crippen LogP contribution in [0, 0.1) is 5.41 Å². The SMILES string of the molecule is CC(C)(CN)C(=O)Nc1ccc(S(N)(=O)=O)cc1Br. The van der Waals surface area contributed by atoms with Crippen molar-refractivity contribution in [2.45, 2.75) is 18.7 Å². The van der Waals surface area contributed by atoms with Crippen molar-refractivity contribution < 1.29 is 13.2 Å². The van der Waals surface area contributed by atoms with Crippen molar-refractivity contribution in [1.29, 1.82) is 0 Å². The van der Waals surface area contributed by atoms with Crippen LogP contribution in [0.25, 0.3) is 0 Å². The van der Waals surface area contributed by atoms with E-state index in [1.54, 1.807) is 13.8 Å². The van der Waals surface area contributed by atoms with Gasteiger partial charge < -0.3 is 11.1 Å². The van der Waals surface area contributed by atoms with Gasteiger partial charge in [0, 0.05) is 11.0 Å². The fourth-order valence-electron chi connectivity index (χ4n) is 1.16. The summed E-state index contributed by atoms with van der Waals surface area (Å²) >= 11 is 3.19. The Morgan fingerprint density at radius 3 is 2.42 bits per heavy atom. The summed E-state index contributed by atoms with van der Waals surface area (Å²) in [6.07, 6.45) is 0. The van der Waals surface area contributed by atoms with E-state index in [1.165, 1.54) is 18.2 Å². The second kappa shape index (κ2) is 5.58. The topological polar surface area (TPSA) is 115 Å². The third-order valence-corrected chi connectivity index (χ3v) is 4.21. The molecule has 0 aliphatic rings. The van der Waals surface area contributed by atoms with Gasteiger partial charge in [-0.05, 0) is 48.0 Å². The van der Waals surface area contributed by atoms with Gasteiger partial charge in [0.1, 0.15) is 0 Å². The van der Waals surface area contributed by atoms with Crippen LogP contribution in [0.2, 0.25) is 0 Å². The van der Waals surface area contributed by atoms with E-state index >= 15 is 0 Å². The number of hydrogen-bond donors (Lipinski definition) is 3. The van der Waals surface area contributed by atoms with E-state index in [-0.39, 0.29) is 17.3 Å². The number of nitrogens with one attached hydrogen (secondary N) is 1. The molecule has 1 amide bonds. The summed E-state index contributed by atoms with van der Waals surface area (Å²) in [5.41, 5.74) is 5.26. The largest absolute Gasteiger partial charge is 0.329 e. The lowest BCUT2D eigenvalue weighted by atomic mass is 9.92. The summed E-state index contributed by atoms with van der Waals surface area (Å²) < 4.78 is 22.8. The van der Waals surface area contributed by atoms with Crippen molar-refractivity contribution in [3.63, 3.8) is 0 Å². The molecule has 1 rings (SSSR count). The van der Waals surface area contributed by atoms with Crippen LogP contribution < -0.4 is 16.2 Å². The van der Waals surface area contributed by atoms with Gasteiger partial charge in [0.2, 0.25) is 15.9 Å². The van der Waals surface area contributed by atoms with Crippen molar-refractivity contribution >= 4 is 37.5 Å². The summed E-state index contributed by atoms with van der Waals surface area (Å²) in [5, 5.41) is 7.69. The first kappa shape index (κ1) is 16.1. The highest BCUT2D eigenvalue weighted by molar-refractivity contribution is 9.10. The van der Waals surface area contributed by atoms with Gasteiger partial charge in [-0.2, -0.15) is 0 Å². The molecule has 1 aromatic rings. The van der Waals surface area contributed by atoms with Gasteiger partial charge in [0.05, 0.1) is 16.0 Å². The van der Waals surface area contributed by atoms with E-state index in [9.17, 15) is 13.2 Å². The van der Waals surface area contributed by atoms with E-state index in [4.69, 9.17) is 10.9 Å². The lowest BCUT2D eigenvalue weighted by Crippen LogP contribution is -2.37. The minimum absolute atomic E-state index is 0.0320. The number of nitrogens with two attached hydrogens (primary N) is 2. The van der Waals surface area contributed by atoms with Crippen molar-refractivity contribution in [2.24, 2.45) is 16.3 Å². The molecule has 6 nitrogen and oxygen atoms in total. The number of anilines is 1. The quantitative estimate of drug-likeness (QED) is 0.752. The molecule has 0 aliphatic carbocycles.